The highest BCUT2D eigenvalue weighted by molar-refractivity contribution is 4.84. The van der Waals surface area contributed by atoms with E-state index < -0.39 is 0 Å². The average molecular weight is 114 g/mol. The van der Waals surface area contributed by atoms with Gasteiger partial charge in [0.2, 0.25) is 0 Å². The van der Waals surface area contributed by atoms with Gasteiger partial charge in [0.05, 0.1) is 0 Å². The van der Waals surface area contributed by atoms with Crippen LogP contribution >= 0.6 is 0 Å². The van der Waals surface area contributed by atoms with Crippen LogP contribution in [-0.4, -0.2) is 18.6 Å². The summed E-state index contributed by atoms with van der Waals surface area (Å²) in [6.07, 6.45) is 0.907. The van der Waals surface area contributed by atoms with Crippen molar-refractivity contribution in [3.63, 3.8) is 0 Å². The standard InChI is InChI=1S/C5H10N2O/c1-4-5(7-8)2-3-6-4/h4-6H,2-3H2,1H3. The maximum Gasteiger partial charge on any atom is 0.108 e. The Bertz CT molecular complexity index is 94.4. The molecule has 0 spiro atoms. The first-order valence-corrected chi connectivity index (χ1v) is 2.90. The minimum absolute atomic E-state index is 0.0231. The fraction of sp³-hybridized carbons (Fsp3) is 1.00. The van der Waals surface area contributed by atoms with Crippen LogP contribution in [0.5, 0.6) is 0 Å². The summed E-state index contributed by atoms with van der Waals surface area (Å²) in [5.41, 5.74) is 0. The van der Waals surface area contributed by atoms with Crippen molar-refractivity contribution < 1.29 is 0 Å². The van der Waals surface area contributed by atoms with Crippen LogP contribution in [0.4, 0.5) is 0 Å². The van der Waals surface area contributed by atoms with Gasteiger partial charge in [-0.25, -0.2) is 0 Å². The van der Waals surface area contributed by atoms with Gasteiger partial charge in [-0.3, -0.25) is 0 Å². The second kappa shape index (κ2) is 2.22. The van der Waals surface area contributed by atoms with Crippen LogP contribution in [0.3, 0.4) is 0 Å². The molecule has 1 heterocycles. The fourth-order valence-corrected chi connectivity index (χ4v) is 0.989. The van der Waals surface area contributed by atoms with Gasteiger partial charge < -0.3 is 5.32 Å². The highest BCUT2D eigenvalue weighted by Crippen LogP contribution is 2.08. The van der Waals surface area contributed by atoms with Crippen molar-refractivity contribution in [2.45, 2.75) is 25.4 Å². The van der Waals surface area contributed by atoms with E-state index in [1.54, 1.807) is 0 Å². The van der Waals surface area contributed by atoms with Gasteiger partial charge in [-0.05, 0) is 19.9 Å². The zero-order chi connectivity index (χ0) is 5.98. The molecule has 0 aromatic rings. The lowest BCUT2D eigenvalue weighted by Gasteiger charge is -2.03. The molecular weight excluding hydrogens is 104 g/mol. The lowest BCUT2D eigenvalue weighted by atomic mass is 10.2. The normalized spacial score (nSPS) is 37.6. The zero-order valence-corrected chi connectivity index (χ0v) is 4.92. The Hall–Kier alpha value is -0.440. The molecule has 1 fully saturated rings. The van der Waals surface area contributed by atoms with Crippen LogP contribution < -0.4 is 5.32 Å². The van der Waals surface area contributed by atoms with Crippen LogP contribution in [-0.2, 0) is 0 Å². The molecule has 1 N–H and O–H groups in total. The van der Waals surface area contributed by atoms with Crippen LogP contribution in [0.15, 0.2) is 5.18 Å². The molecule has 46 valence electrons. The summed E-state index contributed by atoms with van der Waals surface area (Å²) >= 11 is 0. The molecule has 1 rings (SSSR count). The Morgan fingerprint density at radius 2 is 2.50 bits per heavy atom. The number of rotatable bonds is 1. The minimum atomic E-state index is 0.0231. The Morgan fingerprint density at radius 1 is 1.75 bits per heavy atom. The molecule has 3 heteroatoms. The molecule has 3 nitrogen and oxygen atoms in total. The zero-order valence-electron chi connectivity index (χ0n) is 4.92. The van der Waals surface area contributed by atoms with Gasteiger partial charge in [-0.2, -0.15) is 4.91 Å². The predicted molar refractivity (Wildman–Crippen MR) is 31.7 cm³/mol. The predicted octanol–water partition coefficient (Wildman–Crippen LogP) is 0.503. The summed E-state index contributed by atoms with van der Waals surface area (Å²) in [5, 5.41) is 6.08. The highest BCUT2D eigenvalue weighted by Gasteiger charge is 2.22. The Morgan fingerprint density at radius 3 is 2.75 bits per heavy atom. The molecule has 0 radical (unpaired) electrons. The first-order chi connectivity index (χ1) is 3.84. The largest absolute Gasteiger partial charge is 0.312 e. The van der Waals surface area contributed by atoms with E-state index in [0.29, 0.717) is 6.04 Å². The van der Waals surface area contributed by atoms with Gasteiger partial charge in [-0.15, -0.1) is 0 Å². The van der Waals surface area contributed by atoms with Crippen molar-refractivity contribution in [3.05, 3.63) is 4.91 Å². The number of nitroso groups, excluding NO2 is 1. The molecule has 0 saturated carbocycles. The summed E-state index contributed by atoms with van der Waals surface area (Å²) < 4.78 is 0. The van der Waals surface area contributed by atoms with Crippen molar-refractivity contribution in [2.24, 2.45) is 5.18 Å². The van der Waals surface area contributed by atoms with E-state index in [1.165, 1.54) is 0 Å². The van der Waals surface area contributed by atoms with Gasteiger partial charge >= 0.3 is 0 Å². The van der Waals surface area contributed by atoms with Crippen molar-refractivity contribution in [2.75, 3.05) is 6.54 Å². The Labute approximate surface area is 48.4 Å². The van der Waals surface area contributed by atoms with Gasteiger partial charge in [0.1, 0.15) is 6.04 Å². The van der Waals surface area contributed by atoms with E-state index in [0.717, 1.165) is 13.0 Å². The van der Waals surface area contributed by atoms with Crippen LogP contribution in [0.25, 0.3) is 0 Å². The SMILES string of the molecule is CC1NCCC1N=O. The molecule has 1 saturated heterocycles. The second-order valence-corrected chi connectivity index (χ2v) is 2.20. The molecule has 2 atom stereocenters. The Balaban J connectivity index is 2.41. The lowest BCUT2D eigenvalue weighted by Crippen LogP contribution is -2.24. The van der Waals surface area contributed by atoms with Gasteiger partial charge in [-0.1, -0.05) is 5.18 Å². The topological polar surface area (TPSA) is 41.5 Å². The monoisotopic (exact) mass is 114 g/mol. The second-order valence-electron chi connectivity index (χ2n) is 2.20. The van der Waals surface area contributed by atoms with Crippen LogP contribution in [0, 0.1) is 4.91 Å². The molecule has 0 aromatic carbocycles. The molecule has 0 bridgehead atoms. The summed E-state index contributed by atoms with van der Waals surface area (Å²) in [7, 11) is 0. The Kier molecular flexibility index (Phi) is 1.58. The third-order valence-corrected chi connectivity index (χ3v) is 1.62. The third kappa shape index (κ3) is 0.865. The quantitative estimate of drug-likeness (QED) is 0.504. The molecule has 0 aliphatic carbocycles. The average Bonchev–Trinajstić information content (AvgIpc) is 2.14. The van der Waals surface area contributed by atoms with E-state index in [2.05, 4.69) is 10.5 Å². The lowest BCUT2D eigenvalue weighted by molar-refractivity contribution is 0.586. The number of hydrogen-bond acceptors (Lipinski definition) is 3. The van der Waals surface area contributed by atoms with Crippen molar-refractivity contribution >= 4 is 0 Å². The van der Waals surface area contributed by atoms with E-state index in [9.17, 15) is 4.91 Å². The van der Waals surface area contributed by atoms with Crippen LogP contribution in [0.1, 0.15) is 13.3 Å². The summed E-state index contributed by atoms with van der Waals surface area (Å²) in [6.45, 7) is 2.93. The molecular formula is C5H10N2O. The highest BCUT2D eigenvalue weighted by atomic mass is 16.3. The van der Waals surface area contributed by atoms with Gasteiger partial charge in [0.25, 0.3) is 0 Å². The van der Waals surface area contributed by atoms with E-state index in [-0.39, 0.29) is 6.04 Å². The molecule has 8 heavy (non-hydrogen) atoms. The summed E-state index contributed by atoms with van der Waals surface area (Å²) in [4.78, 5) is 9.93. The van der Waals surface area contributed by atoms with Crippen LogP contribution in [0.2, 0.25) is 0 Å². The van der Waals surface area contributed by atoms with Crippen molar-refractivity contribution in [1.29, 1.82) is 0 Å². The maximum atomic E-state index is 9.93. The molecule has 1 aliphatic rings. The summed E-state index contributed by atoms with van der Waals surface area (Å²) in [5.74, 6) is 0. The molecule has 0 amide bonds. The van der Waals surface area contributed by atoms with E-state index in [1.807, 2.05) is 6.92 Å². The third-order valence-electron chi connectivity index (χ3n) is 1.62. The van der Waals surface area contributed by atoms with Gasteiger partial charge in [0, 0.05) is 6.04 Å². The van der Waals surface area contributed by atoms with E-state index >= 15 is 0 Å². The number of nitrogens with zero attached hydrogens (tertiary/aromatic N) is 1. The van der Waals surface area contributed by atoms with Crippen molar-refractivity contribution in [3.8, 4) is 0 Å². The summed E-state index contributed by atoms with van der Waals surface area (Å²) in [6, 6.07) is 0.322. The first-order valence-electron chi connectivity index (χ1n) is 2.90. The number of nitrogens with one attached hydrogen (secondary N) is 1. The van der Waals surface area contributed by atoms with Crippen molar-refractivity contribution in [1.82, 2.24) is 5.32 Å². The van der Waals surface area contributed by atoms with E-state index in [4.69, 9.17) is 0 Å². The minimum Gasteiger partial charge on any atom is -0.312 e. The fourth-order valence-electron chi connectivity index (χ4n) is 0.989. The smallest absolute Gasteiger partial charge is 0.108 e. The molecule has 0 aromatic heterocycles. The number of hydrogen-bond donors (Lipinski definition) is 1. The first kappa shape index (κ1) is 5.69. The molecule has 1 aliphatic heterocycles. The van der Waals surface area contributed by atoms with Gasteiger partial charge in [0.15, 0.2) is 0 Å². The maximum absolute atomic E-state index is 9.93. The molecule has 2 unspecified atom stereocenters.